The van der Waals surface area contributed by atoms with Crippen LogP contribution in [0.2, 0.25) is 0 Å². The Morgan fingerprint density at radius 3 is 3.09 bits per heavy atom. The number of hydrogen-bond acceptors (Lipinski definition) is 0. The Kier molecular flexibility index (Phi) is 1.22. The van der Waals surface area contributed by atoms with E-state index in [0.717, 1.165) is 6.42 Å². The molecule has 1 aromatic heterocycles. The fourth-order valence-electron chi connectivity index (χ4n) is 1.52. The van der Waals surface area contributed by atoms with Crippen LogP contribution in [-0.2, 0) is 0 Å². The topological polar surface area (TPSA) is 15.8 Å². The van der Waals surface area contributed by atoms with Crippen molar-refractivity contribution in [3.63, 3.8) is 0 Å². The summed E-state index contributed by atoms with van der Waals surface area (Å²) in [7, 11) is 0. The first kappa shape index (κ1) is 6.71. The van der Waals surface area contributed by atoms with Crippen LogP contribution in [0.4, 0.5) is 0 Å². The quantitative estimate of drug-likeness (QED) is 0.563. The number of nitrogens with one attached hydrogen (secondary N) is 1. The van der Waals surface area contributed by atoms with E-state index in [0.29, 0.717) is 5.41 Å². The molecule has 0 aromatic carbocycles. The van der Waals surface area contributed by atoms with Gasteiger partial charge in [-0.05, 0) is 23.1 Å². The number of rotatable bonds is 0. The smallest absolute Gasteiger partial charge is 0.0415 e. The van der Waals surface area contributed by atoms with Crippen LogP contribution in [0, 0.1) is 5.41 Å². The molecule has 11 heavy (non-hydrogen) atoms. The molecule has 58 valence electrons. The molecule has 1 aliphatic rings. The Morgan fingerprint density at radius 2 is 2.27 bits per heavy atom. The number of aromatic nitrogens is 1. The van der Waals surface area contributed by atoms with Crippen LogP contribution in [0.1, 0.15) is 20.3 Å². The van der Waals surface area contributed by atoms with Gasteiger partial charge >= 0.3 is 0 Å². The van der Waals surface area contributed by atoms with Gasteiger partial charge in [0.05, 0.1) is 0 Å². The number of fused-ring (bicyclic) bond motifs is 1. The molecule has 0 atom stereocenters. The molecule has 0 aliphatic heterocycles. The minimum Gasteiger partial charge on any atom is -0.361 e. The first-order valence-corrected chi connectivity index (χ1v) is 4.04. The summed E-state index contributed by atoms with van der Waals surface area (Å²) in [5.74, 6) is 0. The van der Waals surface area contributed by atoms with Crippen molar-refractivity contribution in [3.05, 3.63) is 22.8 Å². The summed E-state index contributed by atoms with van der Waals surface area (Å²) >= 11 is 0. The summed E-state index contributed by atoms with van der Waals surface area (Å²) < 4.78 is 0. The van der Waals surface area contributed by atoms with Gasteiger partial charge in [0, 0.05) is 11.5 Å². The minimum atomic E-state index is 0.331. The molecule has 0 fully saturated rings. The van der Waals surface area contributed by atoms with Crippen molar-refractivity contribution < 1.29 is 0 Å². The Labute approximate surface area is 66.4 Å². The predicted octanol–water partition coefficient (Wildman–Crippen LogP) is 1.01. The summed E-state index contributed by atoms with van der Waals surface area (Å²) in [5, 5.41) is 2.63. The van der Waals surface area contributed by atoms with Crippen molar-refractivity contribution in [2.75, 3.05) is 0 Å². The zero-order valence-corrected chi connectivity index (χ0v) is 7.02. The third-order valence-electron chi connectivity index (χ3n) is 2.20. The van der Waals surface area contributed by atoms with Crippen molar-refractivity contribution >= 4 is 12.2 Å². The summed E-state index contributed by atoms with van der Waals surface area (Å²) in [4.78, 5) is 3.23. The molecule has 0 radical (unpaired) electrons. The van der Waals surface area contributed by atoms with E-state index in [1.165, 1.54) is 10.6 Å². The average molecular weight is 147 g/mol. The van der Waals surface area contributed by atoms with Gasteiger partial charge in [-0.3, -0.25) is 0 Å². The van der Waals surface area contributed by atoms with E-state index in [4.69, 9.17) is 0 Å². The third-order valence-corrected chi connectivity index (χ3v) is 2.20. The largest absolute Gasteiger partial charge is 0.361 e. The molecule has 1 heteroatoms. The Morgan fingerprint density at radius 1 is 1.45 bits per heavy atom. The molecule has 1 nitrogen and oxygen atoms in total. The second-order valence-electron chi connectivity index (χ2n) is 3.89. The van der Waals surface area contributed by atoms with E-state index < -0.39 is 0 Å². The SMILES string of the molecule is CC1(C)C=c2[nH]ccc2=CC1. The van der Waals surface area contributed by atoms with Gasteiger partial charge in [-0.25, -0.2) is 0 Å². The molecule has 1 aliphatic carbocycles. The van der Waals surface area contributed by atoms with Crippen molar-refractivity contribution in [2.24, 2.45) is 5.41 Å². The van der Waals surface area contributed by atoms with Crippen LogP contribution in [0.25, 0.3) is 12.2 Å². The van der Waals surface area contributed by atoms with E-state index >= 15 is 0 Å². The maximum absolute atomic E-state index is 3.23. The van der Waals surface area contributed by atoms with Crippen LogP contribution in [-0.4, -0.2) is 4.98 Å². The zero-order valence-electron chi connectivity index (χ0n) is 7.02. The van der Waals surface area contributed by atoms with Crippen molar-refractivity contribution in [1.82, 2.24) is 4.98 Å². The van der Waals surface area contributed by atoms with Crippen LogP contribution < -0.4 is 10.6 Å². The molecule has 1 aromatic rings. The molecule has 2 rings (SSSR count). The van der Waals surface area contributed by atoms with E-state index in [9.17, 15) is 0 Å². The summed E-state index contributed by atoms with van der Waals surface area (Å²) in [6.07, 6.45) is 7.76. The fraction of sp³-hybridized carbons (Fsp3) is 0.400. The number of H-pyrrole nitrogens is 1. The highest BCUT2D eigenvalue weighted by Crippen LogP contribution is 2.23. The van der Waals surface area contributed by atoms with Crippen molar-refractivity contribution in [1.29, 1.82) is 0 Å². The molecule has 0 unspecified atom stereocenters. The first-order valence-electron chi connectivity index (χ1n) is 4.04. The van der Waals surface area contributed by atoms with E-state index in [2.05, 4.69) is 37.0 Å². The molecule has 0 spiro atoms. The van der Waals surface area contributed by atoms with Gasteiger partial charge in [-0.1, -0.05) is 26.0 Å². The van der Waals surface area contributed by atoms with Crippen LogP contribution >= 0.6 is 0 Å². The molecular weight excluding hydrogens is 134 g/mol. The summed E-state index contributed by atoms with van der Waals surface area (Å²) in [6.45, 7) is 4.51. The second kappa shape index (κ2) is 2.00. The Balaban J connectivity index is 2.71. The van der Waals surface area contributed by atoms with Gasteiger partial charge in [-0.2, -0.15) is 0 Å². The Hall–Kier alpha value is -0.980. The predicted molar refractivity (Wildman–Crippen MR) is 47.4 cm³/mol. The van der Waals surface area contributed by atoms with Gasteiger partial charge in [0.15, 0.2) is 0 Å². The van der Waals surface area contributed by atoms with Gasteiger partial charge < -0.3 is 4.98 Å². The van der Waals surface area contributed by atoms with Crippen LogP contribution in [0.3, 0.4) is 0 Å². The molecule has 0 amide bonds. The molecule has 0 saturated carbocycles. The lowest BCUT2D eigenvalue weighted by Crippen LogP contribution is -2.30. The maximum atomic E-state index is 3.23. The lowest BCUT2D eigenvalue weighted by Gasteiger charge is -2.19. The first-order chi connectivity index (χ1) is 5.17. The molecular formula is C10H13N. The summed E-state index contributed by atoms with van der Waals surface area (Å²) in [6, 6.07) is 2.13. The van der Waals surface area contributed by atoms with Gasteiger partial charge in [0.1, 0.15) is 0 Å². The second-order valence-corrected chi connectivity index (χ2v) is 3.89. The van der Waals surface area contributed by atoms with Gasteiger partial charge in [-0.15, -0.1) is 0 Å². The van der Waals surface area contributed by atoms with E-state index in [1.807, 2.05) is 6.20 Å². The van der Waals surface area contributed by atoms with Gasteiger partial charge in [0.25, 0.3) is 0 Å². The van der Waals surface area contributed by atoms with Crippen LogP contribution in [0.5, 0.6) is 0 Å². The molecule has 0 bridgehead atoms. The zero-order chi connectivity index (χ0) is 7.90. The highest BCUT2D eigenvalue weighted by atomic mass is 14.6. The average Bonchev–Trinajstić information content (AvgIpc) is 2.31. The van der Waals surface area contributed by atoms with Crippen molar-refractivity contribution in [2.45, 2.75) is 20.3 Å². The Bertz CT molecular complexity index is 368. The molecule has 0 saturated heterocycles. The highest BCUT2D eigenvalue weighted by molar-refractivity contribution is 5.41. The number of hydrogen-bond donors (Lipinski definition) is 1. The lowest BCUT2D eigenvalue weighted by molar-refractivity contribution is 0.533. The normalized spacial score (nSPS) is 19.8. The molecule has 1 heterocycles. The lowest BCUT2D eigenvalue weighted by atomic mass is 9.86. The van der Waals surface area contributed by atoms with Gasteiger partial charge in [0.2, 0.25) is 0 Å². The minimum absolute atomic E-state index is 0.331. The monoisotopic (exact) mass is 147 g/mol. The maximum Gasteiger partial charge on any atom is 0.0415 e. The third kappa shape index (κ3) is 1.11. The van der Waals surface area contributed by atoms with E-state index in [-0.39, 0.29) is 0 Å². The molecule has 1 N–H and O–H groups in total. The van der Waals surface area contributed by atoms with Crippen LogP contribution in [0.15, 0.2) is 12.3 Å². The van der Waals surface area contributed by atoms with E-state index in [1.54, 1.807) is 0 Å². The number of aromatic amines is 1. The highest BCUT2D eigenvalue weighted by Gasteiger charge is 2.14. The van der Waals surface area contributed by atoms with Crippen molar-refractivity contribution in [3.8, 4) is 0 Å². The summed E-state index contributed by atoms with van der Waals surface area (Å²) in [5.41, 5.74) is 0.331. The fourth-order valence-corrected chi connectivity index (χ4v) is 1.52. The standard InChI is InChI=1S/C10H13N/c1-10(2)5-3-8-4-6-11-9(8)7-10/h3-4,6-7,11H,5H2,1-2H3.